The molecule has 0 spiro atoms. The van der Waals surface area contributed by atoms with Gasteiger partial charge in [-0.2, -0.15) is 0 Å². The molecule has 1 rings (SSSR count). The third-order valence-electron chi connectivity index (χ3n) is 1.81. The maximum Gasteiger partial charge on any atom is 0.231 e. The van der Waals surface area contributed by atoms with Crippen molar-refractivity contribution in [3.05, 3.63) is 35.0 Å². The summed E-state index contributed by atoms with van der Waals surface area (Å²) in [6, 6.07) is 5.35. The van der Waals surface area contributed by atoms with E-state index in [0.717, 1.165) is 5.01 Å². The van der Waals surface area contributed by atoms with Crippen molar-refractivity contribution >= 4 is 11.7 Å². The predicted octanol–water partition coefficient (Wildman–Crippen LogP) is -0.247. The van der Waals surface area contributed by atoms with Gasteiger partial charge in [0.25, 0.3) is 0 Å². The number of nitrogens with zero attached hydrogens (tertiary/aromatic N) is 3. The molecule has 0 atom stereocenters. The molecule has 1 aromatic rings. The molecule has 7 heteroatoms. The zero-order valence-corrected chi connectivity index (χ0v) is 7.82. The fourth-order valence-corrected chi connectivity index (χ4v) is 0.972. The molecule has 0 fully saturated rings. The first kappa shape index (κ1) is 10.8. The summed E-state index contributed by atoms with van der Waals surface area (Å²) < 4.78 is 0. The van der Waals surface area contributed by atoms with E-state index in [-0.39, 0.29) is 10.5 Å². The molecule has 80 valence electrons. The Labute approximate surface area is 85.0 Å². The third-order valence-corrected chi connectivity index (χ3v) is 1.81. The van der Waals surface area contributed by atoms with Gasteiger partial charge in [0.05, 0.1) is 18.0 Å². The molecule has 0 aliphatic heterocycles. The number of carboxylic acids is 1. The molecule has 7 nitrogen and oxygen atoms in total. The minimum Gasteiger partial charge on any atom is -0.569 e. The van der Waals surface area contributed by atoms with E-state index in [1.807, 2.05) is 0 Å². The highest BCUT2D eigenvalue weighted by molar-refractivity contribution is 5.86. The normalized spacial score (nSPS) is 11.1. The van der Waals surface area contributed by atoms with Gasteiger partial charge < -0.3 is 20.3 Å². The van der Waals surface area contributed by atoms with Crippen molar-refractivity contribution in [3.63, 3.8) is 0 Å². The van der Waals surface area contributed by atoms with Crippen LogP contribution in [-0.2, 0) is 0 Å². The first-order valence-corrected chi connectivity index (χ1v) is 3.93. The molecule has 0 saturated carbocycles. The van der Waals surface area contributed by atoms with Crippen LogP contribution in [0.15, 0.2) is 29.5 Å². The lowest BCUT2D eigenvalue weighted by atomic mass is 10.2. The second-order valence-corrected chi connectivity index (χ2v) is 2.70. The molecule has 0 amide bonds. The van der Waals surface area contributed by atoms with Gasteiger partial charge in [-0.1, -0.05) is 12.1 Å². The van der Waals surface area contributed by atoms with Gasteiger partial charge in [-0.15, -0.1) is 5.01 Å². The summed E-state index contributed by atoms with van der Waals surface area (Å²) in [5.41, 5.74) is 0.387. The van der Waals surface area contributed by atoms with Crippen LogP contribution >= 0.6 is 0 Å². The highest BCUT2D eigenvalue weighted by Gasteiger charge is 2.08. The number of hydrazine groups is 1. The second kappa shape index (κ2) is 4.27. The van der Waals surface area contributed by atoms with Gasteiger partial charge in [0, 0.05) is 0 Å². The van der Waals surface area contributed by atoms with Gasteiger partial charge in [-0.05, 0) is 17.7 Å². The average Bonchev–Trinajstić information content (AvgIpc) is 2.27. The Morgan fingerprint density at radius 3 is 2.40 bits per heavy atom. The topological polar surface area (TPSA) is 102 Å². The van der Waals surface area contributed by atoms with Gasteiger partial charge in [-0.3, -0.25) is 0 Å². The number of hydrogen-bond donors (Lipinski definition) is 1. The van der Waals surface area contributed by atoms with E-state index in [2.05, 4.69) is 5.28 Å². The average molecular weight is 210 g/mol. The van der Waals surface area contributed by atoms with E-state index >= 15 is 0 Å². The van der Waals surface area contributed by atoms with Crippen molar-refractivity contribution in [3.8, 4) is 0 Å². The molecule has 1 N–H and O–H groups in total. The largest absolute Gasteiger partial charge is 0.569 e. The van der Waals surface area contributed by atoms with Crippen molar-refractivity contribution < 1.29 is 20.1 Å². The van der Waals surface area contributed by atoms with E-state index < -0.39 is 5.97 Å². The van der Waals surface area contributed by atoms with Gasteiger partial charge in [0.15, 0.2) is 0 Å². The Balaban J connectivity index is 2.94. The summed E-state index contributed by atoms with van der Waals surface area (Å²) in [6.45, 7) is 0. The van der Waals surface area contributed by atoms with Gasteiger partial charge in [-0.25, -0.2) is 0 Å². The molecule has 0 aliphatic rings. The highest BCUT2D eigenvalue weighted by Crippen LogP contribution is 2.13. The van der Waals surface area contributed by atoms with Crippen molar-refractivity contribution in [2.24, 2.45) is 5.28 Å². The van der Waals surface area contributed by atoms with Crippen LogP contribution in [0.5, 0.6) is 0 Å². The Kier molecular flexibility index (Phi) is 3.06. The molecule has 0 aromatic heterocycles. The predicted molar refractivity (Wildman–Crippen MR) is 47.0 cm³/mol. The zero-order valence-electron chi connectivity index (χ0n) is 7.82. The van der Waals surface area contributed by atoms with E-state index in [1.165, 1.54) is 31.3 Å². The molecule has 0 unspecified atom stereocenters. The number of carbonyl (C=O) groups excluding carboxylic acids is 1. The number of hydrogen-bond acceptors (Lipinski definition) is 4. The van der Waals surface area contributed by atoms with E-state index in [4.69, 9.17) is 5.21 Å². The van der Waals surface area contributed by atoms with Gasteiger partial charge in [0.2, 0.25) is 5.28 Å². The van der Waals surface area contributed by atoms with E-state index in [1.54, 1.807) is 0 Å². The molecule has 0 heterocycles. The maximum absolute atomic E-state index is 10.8. The number of rotatable bonds is 3. The first-order chi connectivity index (χ1) is 7.06. The summed E-state index contributed by atoms with van der Waals surface area (Å²) in [4.78, 5) is 10.4. The van der Waals surface area contributed by atoms with Crippen LogP contribution in [0.25, 0.3) is 0 Å². The van der Waals surface area contributed by atoms with Crippen LogP contribution in [-0.4, -0.2) is 23.2 Å². The zero-order chi connectivity index (χ0) is 11.4. The van der Waals surface area contributed by atoms with Gasteiger partial charge in [0.1, 0.15) is 5.69 Å². The Bertz CT molecular complexity index is 387. The summed E-state index contributed by atoms with van der Waals surface area (Å²) in [6.07, 6.45) is 0. The standard InChI is InChI=1S/C8H9N3O4/c1-10(11(15)9-14)7-4-2-6(3-5-7)8(12)13/h2-5,14H,1H3,(H,12,13)/p-1/b11-9-. The first-order valence-electron chi connectivity index (χ1n) is 3.93. The summed E-state index contributed by atoms with van der Waals surface area (Å²) in [5, 5.41) is 32.8. The smallest absolute Gasteiger partial charge is 0.231 e. The molecular weight excluding hydrogens is 202 g/mol. The number of benzene rings is 1. The molecule has 0 saturated heterocycles. The molecule has 0 aliphatic carbocycles. The van der Waals surface area contributed by atoms with Crippen LogP contribution in [0.2, 0.25) is 0 Å². The van der Waals surface area contributed by atoms with Crippen molar-refractivity contribution in [1.82, 2.24) is 0 Å². The van der Waals surface area contributed by atoms with Crippen molar-refractivity contribution in [2.45, 2.75) is 0 Å². The number of carbonyl (C=O) groups is 1. The Morgan fingerprint density at radius 2 is 2.00 bits per heavy atom. The minimum absolute atomic E-state index is 0.00513. The SMILES string of the molecule is CN(c1ccc(C(=O)[O-])cc1)/[N+]([O-])=N/O. The molecule has 0 bridgehead atoms. The minimum atomic E-state index is -1.30. The molecule has 0 radical (unpaired) electrons. The molecular formula is C8H8N3O4-. The highest BCUT2D eigenvalue weighted by atomic mass is 16.6. The lowest BCUT2D eigenvalue weighted by Crippen LogP contribution is -2.26. The summed E-state index contributed by atoms with van der Waals surface area (Å²) in [5.74, 6) is -1.30. The van der Waals surface area contributed by atoms with Gasteiger partial charge >= 0.3 is 0 Å². The fraction of sp³-hybridized carbons (Fsp3) is 0.125. The van der Waals surface area contributed by atoms with E-state index in [0.29, 0.717) is 5.69 Å². The number of anilines is 1. The molecule has 1 aromatic carbocycles. The Hall–Kier alpha value is -2.31. The van der Waals surface area contributed by atoms with Crippen LogP contribution in [0.4, 0.5) is 5.69 Å². The lowest BCUT2D eigenvalue weighted by molar-refractivity contribution is -0.564. The molecule has 15 heavy (non-hydrogen) atoms. The monoisotopic (exact) mass is 210 g/mol. The second-order valence-electron chi connectivity index (χ2n) is 2.70. The third kappa shape index (κ3) is 2.33. The van der Waals surface area contributed by atoms with Crippen LogP contribution in [0.3, 0.4) is 0 Å². The van der Waals surface area contributed by atoms with Crippen molar-refractivity contribution in [2.75, 3.05) is 12.1 Å². The van der Waals surface area contributed by atoms with Crippen molar-refractivity contribution in [1.29, 1.82) is 0 Å². The summed E-state index contributed by atoms with van der Waals surface area (Å²) in [7, 11) is 1.36. The fourth-order valence-electron chi connectivity index (χ4n) is 0.972. The number of carboxylic acid groups (broad SMARTS) is 1. The summed E-state index contributed by atoms with van der Waals surface area (Å²) >= 11 is 0. The number of aromatic carboxylic acids is 1. The Morgan fingerprint density at radius 1 is 1.47 bits per heavy atom. The quantitative estimate of drug-likeness (QED) is 0.421. The van der Waals surface area contributed by atoms with E-state index in [9.17, 15) is 15.1 Å². The van der Waals surface area contributed by atoms with Crippen LogP contribution in [0, 0.1) is 5.21 Å². The maximum atomic E-state index is 10.8. The van der Waals surface area contributed by atoms with Crippen LogP contribution in [0.1, 0.15) is 10.4 Å². The lowest BCUT2D eigenvalue weighted by Gasteiger charge is -2.12. The van der Waals surface area contributed by atoms with Crippen LogP contribution < -0.4 is 10.1 Å².